The lowest BCUT2D eigenvalue weighted by atomic mass is 10.2. The minimum absolute atomic E-state index is 0.291. The second kappa shape index (κ2) is 2.29. The molecule has 0 aromatic heterocycles. The second-order valence-corrected chi connectivity index (χ2v) is 2.51. The zero-order valence-corrected chi connectivity index (χ0v) is 5.77. The molecular formula is C8H10N2. The van der Waals surface area contributed by atoms with Crippen LogP contribution in [0.4, 0.5) is 0 Å². The molecule has 10 heavy (non-hydrogen) atoms. The molecule has 2 nitrogen and oxygen atoms in total. The van der Waals surface area contributed by atoms with Crippen LogP contribution in [0, 0.1) is 0 Å². The predicted octanol–water partition coefficient (Wildman–Crippen LogP) is 1.17. The normalized spacial score (nSPS) is 28.8. The molecule has 0 saturated carbocycles. The summed E-state index contributed by atoms with van der Waals surface area (Å²) in [6, 6.07) is 0. The Hall–Kier alpha value is -1.05. The van der Waals surface area contributed by atoms with E-state index < -0.39 is 0 Å². The number of rotatable bonds is 0. The lowest BCUT2D eigenvalue weighted by Crippen LogP contribution is -2.32. The number of aliphatic imine (C=N–C) groups is 1. The monoisotopic (exact) mass is 134 g/mol. The maximum atomic E-state index is 4.28. The molecule has 0 spiro atoms. The van der Waals surface area contributed by atoms with Gasteiger partial charge in [-0.1, -0.05) is 6.08 Å². The Balaban J connectivity index is 2.21. The fourth-order valence-corrected chi connectivity index (χ4v) is 1.27. The summed E-state index contributed by atoms with van der Waals surface area (Å²) in [5, 5.41) is 0. The molecule has 2 rings (SSSR count). The molecule has 2 aliphatic rings. The third kappa shape index (κ3) is 0.856. The van der Waals surface area contributed by atoms with Crippen LogP contribution in [0.2, 0.25) is 0 Å². The predicted molar refractivity (Wildman–Crippen MR) is 41.9 cm³/mol. The van der Waals surface area contributed by atoms with E-state index in [-0.39, 0.29) is 0 Å². The van der Waals surface area contributed by atoms with E-state index in [1.165, 1.54) is 0 Å². The van der Waals surface area contributed by atoms with Crippen molar-refractivity contribution >= 4 is 6.21 Å². The van der Waals surface area contributed by atoms with E-state index in [4.69, 9.17) is 0 Å². The lowest BCUT2D eigenvalue weighted by molar-refractivity contribution is 0.317. The van der Waals surface area contributed by atoms with E-state index in [9.17, 15) is 0 Å². The molecule has 0 saturated heterocycles. The first-order valence-electron chi connectivity index (χ1n) is 3.59. The molecule has 0 amide bonds. The molecule has 2 heteroatoms. The van der Waals surface area contributed by atoms with Crippen molar-refractivity contribution in [3.8, 4) is 0 Å². The Morgan fingerprint density at radius 1 is 1.50 bits per heavy atom. The fourth-order valence-electron chi connectivity index (χ4n) is 1.27. The smallest absolute Gasteiger partial charge is 0.139 e. The molecule has 0 aromatic carbocycles. The molecule has 1 unspecified atom stereocenters. The Kier molecular flexibility index (Phi) is 1.31. The van der Waals surface area contributed by atoms with Crippen LogP contribution < -0.4 is 0 Å². The van der Waals surface area contributed by atoms with Crippen LogP contribution in [0.25, 0.3) is 0 Å². The summed E-state index contributed by atoms with van der Waals surface area (Å²) in [6.07, 6.45) is 11.7. The van der Waals surface area contributed by atoms with Crippen molar-refractivity contribution in [1.29, 1.82) is 0 Å². The molecule has 0 bridgehead atoms. The van der Waals surface area contributed by atoms with E-state index in [0.717, 1.165) is 13.0 Å². The van der Waals surface area contributed by atoms with Gasteiger partial charge in [-0.2, -0.15) is 0 Å². The second-order valence-electron chi connectivity index (χ2n) is 2.51. The van der Waals surface area contributed by atoms with Crippen LogP contribution >= 0.6 is 0 Å². The maximum absolute atomic E-state index is 4.28. The molecule has 2 heterocycles. The third-order valence-corrected chi connectivity index (χ3v) is 1.80. The zero-order chi connectivity index (χ0) is 6.81. The maximum Gasteiger partial charge on any atom is 0.139 e. The average Bonchev–Trinajstić information content (AvgIpc) is 2.05. The van der Waals surface area contributed by atoms with Crippen molar-refractivity contribution in [2.45, 2.75) is 12.6 Å². The quantitative estimate of drug-likeness (QED) is 0.454. The fraction of sp³-hybridized carbons (Fsp3) is 0.375. The first-order chi connectivity index (χ1) is 4.97. The highest BCUT2D eigenvalue weighted by molar-refractivity contribution is 5.72. The van der Waals surface area contributed by atoms with Crippen molar-refractivity contribution in [3.63, 3.8) is 0 Å². The van der Waals surface area contributed by atoms with E-state index in [1.54, 1.807) is 0 Å². The van der Waals surface area contributed by atoms with Crippen molar-refractivity contribution in [2.24, 2.45) is 4.99 Å². The molecule has 0 radical (unpaired) electrons. The van der Waals surface area contributed by atoms with E-state index in [0.29, 0.717) is 6.17 Å². The van der Waals surface area contributed by atoms with Gasteiger partial charge in [-0.15, -0.1) is 0 Å². The van der Waals surface area contributed by atoms with Crippen molar-refractivity contribution in [1.82, 2.24) is 4.90 Å². The molecule has 0 fully saturated rings. The van der Waals surface area contributed by atoms with Gasteiger partial charge in [-0.25, -0.2) is 0 Å². The van der Waals surface area contributed by atoms with Crippen LogP contribution in [0.3, 0.4) is 0 Å². The summed E-state index contributed by atoms with van der Waals surface area (Å²) >= 11 is 0. The molecule has 2 aliphatic heterocycles. The summed E-state index contributed by atoms with van der Waals surface area (Å²) < 4.78 is 0. The summed E-state index contributed by atoms with van der Waals surface area (Å²) in [5.74, 6) is 0. The number of hydrogen-bond donors (Lipinski definition) is 0. The first-order valence-corrected chi connectivity index (χ1v) is 3.59. The lowest BCUT2D eigenvalue weighted by Gasteiger charge is -2.29. The molecule has 0 aliphatic carbocycles. The minimum Gasteiger partial charge on any atom is -0.352 e. The zero-order valence-electron chi connectivity index (χ0n) is 5.77. The Morgan fingerprint density at radius 2 is 2.50 bits per heavy atom. The number of allylic oxidation sites excluding steroid dienone is 1. The summed E-state index contributed by atoms with van der Waals surface area (Å²) in [7, 11) is 0. The van der Waals surface area contributed by atoms with Gasteiger partial charge < -0.3 is 4.90 Å². The third-order valence-electron chi connectivity index (χ3n) is 1.80. The van der Waals surface area contributed by atoms with Gasteiger partial charge in [-0.05, 0) is 18.6 Å². The molecule has 1 atom stereocenters. The Bertz CT molecular complexity index is 203. The van der Waals surface area contributed by atoms with Crippen molar-refractivity contribution in [2.75, 3.05) is 6.54 Å². The van der Waals surface area contributed by atoms with Crippen LogP contribution in [-0.2, 0) is 0 Å². The minimum atomic E-state index is 0.291. The highest BCUT2D eigenvalue weighted by atomic mass is 15.2. The first kappa shape index (κ1) is 5.71. The molecule has 0 aromatic rings. The largest absolute Gasteiger partial charge is 0.352 e. The van der Waals surface area contributed by atoms with Gasteiger partial charge in [-0.3, -0.25) is 4.99 Å². The summed E-state index contributed by atoms with van der Waals surface area (Å²) in [5.41, 5.74) is 0. The van der Waals surface area contributed by atoms with E-state index >= 15 is 0 Å². The molecule has 0 N–H and O–H groups in total. The SMILES string of the molecule is C1=CN2CCC=CC2N=C1. The van der Waals surface area contributed by atoms with Gasteiger partial charge in [0, 0.05) is 19.0 Å². The van der Waals surface area contributed by atoms with Crippen LogP contribution in [0.15, 0.2) is 29.4 Å². The summed E-state index contributed by atoms with van der Waals surface area (Å²) in [4.78, 5) is 6.51. The van der Waals surface area contributed by atoms with Crippen molar-refractivity contribution in [3.05, 3.63) is 24.4 Å². The number of hydrogen-bond acceptors (Lipinski definition) is 2. The molecular weight excluding hydrogens is 124 g/mol. The highest BCUT2D eigenvalue weighted by Gasteiger charge is 2.13. The van der Waals surface area contributed by atoms with Crippen molar-refractivity contribution < 1.29 is 0 Å². The standard InChI is InChI=1S/C8H10N2/c1-2-6-10-7-3-5-9-8(10)4-1/h1,3-5,7-8H,2,6H2. The van der Waals surface area contributed by atoms with Crippen LogP contribution in [-0.4, -0.2) is 23.8 Å². The van der Waals surface area contributed by atoms with Crippen LogP contribution in [0.5, 0.6) is 0 Å². The van der Waals surface area contributed by atoms with E-state index in [1.807, 2.05) is 12.3 Å². The number of nitrogens with zero attached hydrogens (tertiary/aromatic N) is 2. The number of fused-ring (bicyclic) bond motifs is 1. The topological polar surface area (TPSA) is 15.6 Å². The van der Waals surface area contributed by atoms with Gasteiger partial charge in [0.15, 0.2) is 0 Å². The van der Waals surface area contributed by atoms with Gasteiger partial charge in [0.25, 0.3) is 0 Å². The Labute approximate surface area is 60.6 Å². The highest BCUT2D eigenvalue weighted by Crippen LogP contribution is 2.13. The van der Waals surface area contributed by atoms with Gasteiger partial charge in [0.2, 0.25) is 0 Å². The van der Waals surface area contributed by atoms with E-state index in [2.05, 4.69) is 28.2 Å². The van der Waals surface area contributed by atoms with Gasteiger partial charge in [0.1, 0.15) is 6.17 Å². The van der Waals surface area contributed by atoms with Gasteiger partial charge >= 0.3 is 0 Å². The van der Waals surface area contributed by atoms with Crippen LogP contribution in [0.1, 0.15) is 6.42 Å². The van der Waals surface area contributed by atoms with Gasteiger partial charge in [0.05, 0.1) is 0 Å². The summed E-state index contributed by atoms with van der Waals surface area (Å²) in [6.45, 7) is 1.11. The Morgan fingerprint density at radius 3 is 3.40 bits per heavy atom. The average molecular weight is 134 g/mol. The molecule has 52 valence electrons.